The van der Waals surface area contributed by atoms with E-state index in [4.69, 9.17) is 14.2 Å². The normalized spacial score (nSPS) is 22.3. The highest BCUT2D eigenvalue weighted by Crippen LogP contribution is 2.33. The van der Waals surface area contributed by atoms with Gasteiger partial charge < -0.3 is 19.3 Å². The van der Waals surface area contributed by atoms with Gasteiger partial charge in [-0.3, -0.25) is 9.80 Å². The minimum Gasteiger partial charge on any atom is -0.454 e. The average molecular weight is 425 g/mol. The Morgan fingerprint density at radius 3 is 2.71 bits per heavy atom. The topological polar surface area (TPSA) is 54.4 Å². The van der Waals surface area contributed by atoms with Crippen LogP contribution in [0.5, 0.6) is 11.5 Å². The van der Waals surface area contributed by atoms with Crippen LogP contribution in [-0.2, 0) is 17.7 Å². The van der Waals surface area contributed by atoms with Crippen LogP contribution in [0.25, 0.3) is 0 Å². The molecule has 0 saturated carbocycles. The van der Waals surface area contributed by atoms with Gasteiger partial charge in [0.25, 0.3) is 0 Å². The van der Waals surface area contributed by atoms with Crippen LogP contribution < -0.4 is 9.47 Å². The molecule has 166 valence electrons. The van der Waals surface area contributed by atoms with E-state index < -0.39 is 6.10 Å². The van der Waals surface area contributed by atoms with Gasteiger partial charge in [-0.25, -0.2) is 0 Å². The van der Waals surface area contributed by atoms with Crippen molar-refractivity contribution in [2.24, 2.45) is 0 Å². The summed E-state index contributed by atoms with van der Waals surface area (Å²) in [5, 5.41) is 10.6. The Kier molecular flexibility index (Phi) is 6.41. The van der Waals surface area contributed by atoms with Crippen molar-refractivity contribution in [1.29, 1.82) is 0 Å². The molecule has 6 nitrogen and oxygen atoms in total. The Morgan fingerprint density at radius 2 is 1.81 bits per heavy atom. The smallest absolute Gasteiger partial charge is 0.231 e. The molecule has 0 amide bonds. The molecule has 1 aliphatic carbocycles. The van der Waals surface area contributed by atoms with Gasteiger partial charge in [-0.1, -0.05) is 30.3 Å². The summed E-state index contributed by atoms with van der Waals surface area (Å²) in [5.74, 6) is 1.68. The molecule has 2 atom stereocenters. The molecule has 0 aromatic heterocycles. The summed E-state index contributed by atoms with van der Waals surface area (Å²) in [5.41, 5.74) is 3.95. The number of fused-ring (bicyclic) bond motifs is 2. The molecular weight excluding hydrogens is 392 g/mol. The highest BCUT2D eigenvalue weighted by molar-refractivity contribution is 5.44. The molecule has 3 aliphatic rings. The zero-order valence-electron chi connectivity index (χ0n) is 18.0. The molecule has 2 aliphatic heterocycles. The third-order valence-electron chi connectivity index (χ3n) is 6.58. The monoisotopic (exact) mass is 424 g/mol. The van der Waals surface area contributed by atoms with Gasteiger partial charge in [0.05, 0.1) is 18.8 Å². The predicted octanol–water partition coefficient (Wildman–Crippen LogP) is 2.99. The number of hydrogen-bond donors (Lipinski definition) is 1. The largest absolute Gasteiger partial charge is 0.454 e. The molecule has 0 unspecified atom stereocenters. The summed E-state index contributed by atoms with van der Waals surface area (Å²) in [6, 6.07) is 14.7. The molecular formula is C25H32N2O4. The highest BCUT2D eigenvalue weighted by atomic mass is 16.7. The lowest BCUT2D eigenvalue weighted by molar-refractivity contribution is -0.0325. The first-order chi connectivity index (χ1) is 15.2. The lowest BCUT2D eigenvalue weighted by Crippen LogP contribution is -2.48. The minimum absolute atomic E-state index is 0.123. The minimum atomic E-state index is -0.450. The van der Waals surface area contributed by atoms with Crippen LogP contribution in [0, 0.1) is 0 Å². The van der Waals surface area contributed by atoms with Crippen molar-refractivity contribution in [2.45, 2.75) is 38.0 Å². The SMILES string of the molecule is O[C@H](CO[C@@H]1CCCc2ccccc21)CN1CCN(Cc2ccc3c(c2)OCO3)CC1. The predicted molar refractivity (Wildman–Crippen MR) is 118 cm³/mol. The summed E-state index contributed by atoms with van der Waals surface area (Å²) >= 11 is 0. The van der Waals surface area contributed by atoms with Gasteiger partial charge in [0, 0.05) is 39.3 Å². The lowest BCUT2D eigenvalue weighted by Gasteiger charge is -2.36. The van der Waals surface area contributed by atoms with E-state index in [1.807, 2.05) is 6.07 Å². The van der Waals surface area contributed by atoms with Crippen LogP contribution in [0.4, 0.5) is 0 Å². The number of ether oxygens (including phenoxy) is 3. The van der Waals surface area contributed by atoms with Crippen LogP contribution >= 0.6 is 0 Å². The Hall–Kier alpha value is -2.12. The number of piperazine rings is 1. The Bertz CT molecular complexity index is 882. The van der Waals surface area contributed by atoms with Gasteiger partial charge in [-0.05, 0) is 48.1 Å². The van der Waals surface area contributed by atoms with E-state index in [9.17, 15) is 5.11 Å². The number of hydrogen-bond acceptors (Lipinski definition) is 6. The van der Waals surface area contributed by atoms with Gasteiger partial charge in [-0.15, -0.1) is 0 Å². The summed E-state index contributed by atoms with van der Waals surface area (Å²) < 4.78 is 17.0. The number of aliphatic hydroxyl groups is 1. The number of aryl methyl sites for hydroxylation is 1. The number of rotatable bonds is 7. The summed E-state index contributed by atoms with van der Waals surface area (Å²) in [7, 11) is 0. The van der Waals surface area contributed by atoms with Crippen LogP contribution in [0.1, 0.15) is 35.6 Å². The highest BCUT2D eigenvalue weighted by Gasteiger charge is 2.23. The van der Waals surface area contributed by atoms with Gasteiger partial charge in [0.1, 0.15) is 0 Å². The van der Waals surface area contributed by atoms with Crippen molar-refractivity contribution in [1.82, 2.24) is 9.80 Å². The standard InChI is InChI=1S/C25H32N2O4/c28-21(17-29-23-7-3-5-20-4-1-2-6-22(20)23)16-27-12-10-26(11-13-27)15-19-8-9-24-25(14-19)31-18-30-24/h1-2,4,6,8-9,14,21,23,28H,3,5,7,10-13,15-18H2/t21-,23+/m0/s1. The second-order valence-electron chi connectivity index (χ2n) is 8.83. The third-order valence-corrected chi connectivity index (χ3v) is 6.58. The number of β-amino-alcohol motifs (C(OH)–C–C–N with tert-alkyl or cyclic N) is 1. The van der Waals surface area contributed by atoms with E-state index in [0.29, 0.717) is 19.9 Å². The summed E-state index contributed by atoms with van der Waals surface area (Å²) in [4.78, 5) is 4.80. The average Bonchev–Trinajstić information content (AvgIpc) is 3.27. The molecule has 0 radical (unpaired) electrons. The number of nitrogens with zero attached hydrogens (tertiary/aromatic N) is 2. The fraction of sp³-hybridized carbons (Fsp3) is 0.520. The number of aliphatic hydroxyl groups excluding tert-OH is 1. The molecule has 2 aromatic rings. The van der Waals surface area contributed by atoms with Gasteiger partial charge >= 0.3 is 0 Å². The van der Waals surface area contributed by atoms with Gasteiger partial charge in [0.15, 0.2) is 11.5 Å². The second-order valence-corrected chi connectivity index (χ2v) is 8.83. The molecule has 1 fully saturated rings. The maximum Gasteiger partial charge on any atom is 0.231 e. The molecule has 6 heteroatoms. The molecule has 0 spiro atoms. The summed E-state index contributed by atoms with van der Waals surface area (Å²) in [6.07, 6.45) is 3.01. The molecule has 5 rings (SSSR count). The molecule has 1 N–H and O–H groups in total. The lowest BCUT2D eigenvalue weighted by atomic mass is 9.89. The first-order valence-corrected chi connectivity index (χ1v) is 11.5. The van der Waals surface area contributed by atoms with Crippen molar-refractivity contribution < 1.29 is 19.3 Å². The van der Waals surface area contributed by atoms with Crippen molar-refractivity contribution in [3.8, 4) is 11.5 Å². The van der Waals surface area contributed by atoms with Gasteiger partial charge in [0.2, 0.25) is 6.79 Å². The van der Waals surface area contributed by atoms with E-state index in [2.05, 4.69) is 46.2 Å². The van der Waals surface area contributed by atoms with E-state index in [-0.39, 0.29) is 6.10 Å². The quantitative estimate of drug-likeness (QED) is 0.738. The van der Waals surface area contributed by atoms with E-state index in [0.717, 1.165) is 63.5 Å². The zero-order chi connectivity index (χ0) is 21.0. The number of benzene rings is 2. The Labute approximate surface area is 184 Å². The fourth-order valence-corrected chi connectivity index (χ4v) is 4.89. The van der Waals surface area contributed by atoms with Crippen LogP contribution in [0.15, 0.2) is 42.5 Å². The van der Waals surface area contributed by atoms with Crippen molar-refractivity contribution in [3.05, 3.63) is 59.2 Å². The van der Waals surface area contributed by atoms with Crippen molar-refractivity contribution in [2.75, 3.05) is 46.1 Å². The molecule has 2 heterocycles. The molecule has 31 heavy (non-hydrogen) atoms. The van der Waals surface area contributed by atoms with E-state index >= 15 is 0 Å². The van der Waals surface area contributed by atoms with Crippen molar-refractivity contribution in [3.63, 3.8) is 0 Å². The molecule has 1 saturated heterocycles. The van der Waals surface area contributed by atoms with Gasteiger partial charge in [-0.2, -0.15) is 0 Å². The van der Waals surface area contributed by atoms with Crippen LogP contribution in [-0.4, -0.2) is 67.1 Å². The maximum atomic E-state index is 10.6. The Morgan fingerprint density at radius 1 is 1.00 bits per heavy atom. The van der Waals surface area contributed by atoms with E-state index in [1.54, 1.807) is 0 Å². The molecule has 0 bridgehead atoms. The van der Waals surface area contributed by atoms with Crippen molar-refractivity contribution >= 4 is 0 Å². The van der Waals surface area contributed by atoms with E-state index in [1.165, 1.54) is 16.7 Å². The fourth-order valence-electron chi connectivity index (χ4n) is 4.89. The first kappa shape index (κ1) is 20.8. The van der Waals surface area contributed by atoms with Crippen LogP contribution in [0.2, 0.25) is 0 Å². The molecule has 2 aromatic carbocycles. The third kappa shape index (κ3) is 5.04. The maximum absolute atomic E-state index is 10.6. The second kappa shape index (κ2) is 9.57. The van der Waals surface area contributed by atoms with Crippen LogP contribution in [0.3, 0.4) is 0 Å². The summed E-state index contributed by atoms with van der Waals surface area (Å²) in [6.45, 7) is 6.23. The first-order valence-electron chi connectivity index (χ1n) is 11.5. The Balaban J connectivity index is 1.05. The zero-order valence-corrected chi connectivity index (χ0v) is 18.0.